The summed E-state index contributed by atoms with van der Waals surface area (Å²) in [5.41, 5.74) is 4.26. The van der Waals surface area contributed by atoms with E-state index < -0.39 is 0 Å². The van der Waals surface area contributed by atoms with Crippen LogP contribution in [0.25, 0.3) is 0 Å². The monoisotopic (exact) mass is 227 g/mol. The Hall–Kier alpha value is -1.13. The SMILES string of the molecule is CCOCc1cc(/N=N/NC)ccc1Cl. The fraction of sp³-hybridized carbons (Fsp3) is 0.400. The second kappa shape index (κ2) is 6.37. The van der Waals surface area contributed by atoms with Gasteiger partial charge in [-0.05, 0) is 30.7 Å². The number of nitrogens with zero attached hydrogens (tertiary/aromatic N) is 2. The van der Waals surface area contributed by atoms with Crippen LogP contribution in [0.5, 0.6) is 0 Å². The first-order valence-electron chi connectivity index (χ1n) is 4.71. The fourth-order valence-corrected chi connectivity index (χ4v) is 1.23. The van der Waals surface area contributed by atoms with Crippen LogP contribution >= 0.6 is 11.6 Å². The number of halogens is 1. The van der Waals surface area contributed by atoms with Gasteiger partial charge in [0.15, 0.2) is 0 Å². The topological polar surface area (TPSA) is 46.0 Å². The molecule has 0 atom stereocenters. The van der Waals surface area contributed by atoms with E-state index in [0.717, 1.165) is 11.3 Å². The summed E-state index contributed by atoms with van der Waals surface area (Å²) in [6.45, 7) is 3.11. The Morgan fingerprint density at radius 3 is 2.93 bits per heavy atom. The second-order valence-electron chi connectivity index (χ2n) is 2.84. The van der Waals surface area contributed by atoms with Gasteiger partial charge in [-0.2, -0.15) is 0 Å². The van der Waals surface area contributed by atoms with Gasteiger partial charge < -0.3 is 4.74 Å². The van der Waals surface area contributed by atoms with Crippen molar-refractivity contribution in [3.05, 3.63) is 28.8 Å². The Morgan fingerprint density at radius 2 is 2.27 bits per heavy atom. The summed E-state index contributed by atoms with van der Waals surface area (Å²) in [5, 5.41) is 8.31. The van der Waals surface area contributed by atoms with Crippen molar-refractivity contribution in [2.24, 2.45) is 10.3 Å². The molecule has 0 heterocycles. The van der Waals surface area contributed by atoms with E-state index in [4.69, 9.17) is 16.3 Å². The Kier molecular flexibility index (Phi) is 5.07. The summed E-state index contributed by atoms with van der Waals surface area (Å²) in [4.78, 5) is 0. The molecule has 1 aromatic carbocycles. The van der Waals surface area contributed by atoms with E-state index in [1.807, 2.05) is 13.0 Å². The third-order valence-corrected chi connectivity index (χ3v) is 2.13. The minimum atomic E-state index is 0.498. The number of hydrogen-bond acceptors (Lipinski definition) is 3. The van der Waals surface area contributed by atoms with Gasteiger partial charge in [0.05, 0.1) is 12.3 Å². The van der Waals surface area contributed by atoms with Crippen LogP contribution in [0.3, 0.4) is 0 Å². The van der Waals surface area contributed by atoms with Gasteiger partial charge in [-0.1, -0.05) is 16.8 Å². The van der Waals surface area contributed by atoms with Gasteiger partial charge in [0.25, 0.3) is 0 Å². The molecule has 0 aliphatic carbocycles. The maximum absolute atomic E-state index is 6.00. The van der Waals surface area contributed by atoms with Crippen molar-refractivity contribution in [1.29, 1.82) is 0 Å². The van der Waals surface area contributed by atoms with Crippen molar-refractivity contribution in [2.45, 2.75) is 13.5 Å². The summed E-state index contributed by atoms with van der Waals surface area (Å²) in [6, 6.07) is 5.46. The number of nitrogens with one attached hydrogen (secondary N) is 1. The van der Waals surface area contributed by atoms with E-state index in [1.165, 1.54) is 0 Å². The lowest BCUT2D eigenvalue weighted by molar-refractivity contribution is 0.134. The molecular formula is C10H14ClN3O. The van der Waals surface area contributed by atoms with E-state index >= 15 is 0 Å². The smallest absolute Gasteiger partial charge is 0.0878 e. The lowest BCUT2D eigenvalue weighted by Gasteiger charge is -2.04. The first-order chi connectivity index (χ1) is 7.27. The largest absolute Gasteiger partial charge is 0.377 e. The minimum absolute atomic E-state index is 0.498. The van der Waals surface area contributed by atoms with Gasteiger partial charge in [0, 0.05) is 18.7 Å². The molecule has 4 nitrogen and oxygen atoms in total. The van der Waals surface area contributed by atoms with Crippen molar-refractivity contribution in [3.8, 4) is 0 Å². The molecule has 0 aliphatic heterocycles. The summed E-state index contributed by atoms with van der Waals surface area (Å²) >= 11 is 6.00. The molecule has 0 fully saturated rings. The molecule has 1 N–H and O–H groups in total. The minimum Gasteiger partial charge on any atom is -0.377 e. The van der Waals surface area contributed by atoms with E-state index in [2.05, 4.69) is 15.8 Å². The van der Waals surface area contributed by atoms with Gasteiger partial charge in [0.1, 0.15) is 0 Å². The molecular weight excluding hydrogens is 214 g/mol. The van der Waals surface area contributed by atoms with Gasteiger partial charge >= 0.3 is 0 Å². The van der Waals surface area contributed by atoms with Crippen LogP contribution in [0, 0.1) is 0 Å². The van der Waals surface area contributed by atoms with E-state index in [1.54, 1.807) is 19.2 Å². The zero-order valence-corrected chi connectivity index (χ0v) is 9.58. The molecule has 1 aromatic rings. The molecule has 0 bridgehead atoms. The predicted octanol–water partition coefficient (Wildman–Crippen LogP) is 3.09. The Labute approximate surface area is 94.3 Å². The summed E-state index contributed by atoms with van der Waals surface area (Å²) in [7, 11) is 1.69. The quantitative estimate of drug-likeness (QED) is 0.621. The van der Waals surface area contributed by atoms with Gasteiger partial charge in [0.2, 0.25) is 0 Å². The average molecular weight is 228 g/mol. The van der Waals surface area contributed by atoms with Crippen molar-refractivity contribution >= 4 is 17.3 Å². The lowest BCUT2D eigenvalue weighted by atomic mass is 10.2. The van der Waals surface area contributed by atoms with Crippen LogP contribution in [0.4, 0.5) is 5.69 Å². The van der Waals surface area contributed by atoms with E-state index in [-0.39, 0.29) is 0 Å². The highest BCUT2D eigenvalue weighted by Gasteiger charge is 2.01. The van der Waals surface area contributed by atoms with Crippen LogP contribution < -0.4 is 5.43 Å². The Morgan fingerprint density at radius 1 is 1.47 bits per heavy atom. The molecule has 15 heavy (non-hydrogen) atoms. The molecule has 0 unspecified atom stereocenters. The van der Waals surface area contributed by atoms with Crippen molar-refractivity contribution in [2.75, 3.05) is 13.7 Å². The molecule has 0 saturated carbocycles. The standard InChI is InChI=1S/C10H14ClN3O/c1-3-15-7-8-6-9(13-14-12-2)4-5-10(8)11/h4-6H,3,7H2,1-2H3,(H,12,13). The van der Waals surface area contributed by atoms with Gasteiger partial charge in [-0.3, -0.25) is 5.43 Å². The number of hydrogen-bond donors (Lipinski definition) is 1. The average Bonchev–Trinajstić information content (AvgIpc) is 2.26. The van der Waals surface area contributed by atoms with Crippen LogP contribution in [0.15, 0.2) is 28.5 Å². The number of rotatable bonds is 5. The molecule has 0 saturated heterocycles. The predicted molar refractivity (Wildman–Crippen MR) is 60.4 cm³/mol. The third kappa shape index (κ3) is 3.85. The molecule has 0 spiro atoms. The van der Waals surface area contributed by atoms with Crippen molar-refractivity contribution < 1.29 is 4.74 Å². The number of ether oxygens (including phenoxy) is 1. The first kappa shape index (κ1) is 11.9. The third-order valence-electron chi connectivity index (χ3n) is 1.76. The second-order valence-corrected chi connectivity index (χ2v) is 3.24. The maximum atomic E-state index is 6.00. The molecule has 0 aliphatic rings. The highest BCUT2D eigenvalue weighted by Crippen LogP contribution is 2.23. The van der Waals surface area contributed by atoms with Crippen LogP contribution in [0.2, 0.25) is 5.02 Å². The lowest BCUT2D eigenvalue weighted by Crippen LogP contribution is -1.93. The zero-order valence-electron chi connectivity index (χ0n) is 8.83. The zero-order chi connectivity index (χ0) is 11.1. The Balaban J connectivity index is 2.80. The summed E-state index contributed by atoms with van der Waals surface area (Å²) < 4.78 is 5.29. The van der Waals surface area contributed by atoms with E-state index in [9.17, 15) is 0 Å². The van der Waals surface area contributed by atoms with E-state index in [0.29, 0.717) is 18.2 Å². The summed E-state index contributed by atoms with van der Waals surface area (Å²) in [5.74, 6) is 0. The Bertz CT molecular complexity index is 341. The maximum Gasteiger partial charge on any atom is 0.0878 e. The first-order valence-corrected chi connectivity index (χ1v) is 5.09. The van der Waals surface area contributed by atoms with Crippen LogP contribution in [0.1, 0.15) is 12.5 Å². The van der Waals surface area contributed by atoms with Gasteiger partial charge in [-0.25, -0.2) is 0 Å². The molecule has 0 radical (unpaired) electrons. The fourth-order valence-electron chi connectivity index (χ4n) is 1.05. The number of benzene rings is 1. The van der Waals surface area contributed by atoms with Crippen molar-refractivity contribution in [1.82, 2.24) is 5.43 Å². The molecule has 5 heteroatoms. The molecule has 0 amide bonds. The molecule has 1 rings (SSSR count). The summed E-state index contributed by atoms with van der Waals surface area (Å²) in [6.07, 6.45) is 0. The molecule has 0 aromatic heterocycles. The van der Waals surface area contributed by atoms with Gasteiger partial charge in [-0.15, -0.1) is 5.11 Å². The van der Waals surface area contributed by atoms with Crippen LogP contribution in [-0.4, -0.2) is 13.7 Å². The normalized spacial score (nSPS) is 10.9. The van der Waals surface area contributed by atoms with Crippen molar-refractivity contribution in [3.63, 3.8) is 0 Å². The van der Waals surface area contributed by atoms with Crippen LogP contribution in [-0.2, 0) is 11.3 Å². The molecule has 82 valence electrons. The highest BCUT2D eigenvalue weighted by molar-refractivity contribution is 6.31. The highest BCUT2D eigenvalue weighted by atomic mass is 35.5.